The van der Waals surface area contributed by atoms with E-state index in [1.807, 2.05) is 24.3 Å². The van der Waals surface area contributed by atoms with E-state index >= 15 is 0 Å². The monoisotopic (exact) mass is 396 g/mol. The number of halogens is 1. The van der Waals surface area contributed by atoms with Crippen molar-refractivity contribution in [2.75, 3.05) is 7.05 Å². The minimum Gasteiger partial charge on any atom is -0.486 e. The van der Waals surface area contributed by atoms with Crippen molar-refractivity contribution >= 4 is 27.5 Å². The number of benzene rings is 2. The second-order valence-electron chi connectivity index (χ2n) is 6.25. The van der Waals surface area contributed by atoms with Crippen molar-refractivity contribution in [3.8, 4) is 5.75 Å². The van der Waals surface area contributed by atoms with Crippen molar-refractivity contribution in [3.05, 3.63) is 83.0 Å². The number of hydrogen-bond acceptors (Lipinski definition) is 5. The predicted octanol–water partition coefficient (Wildman–Crippen LogP) is 4.88. The molecule has 142 valence electrons. The number of carbonyl (C=O) groups is 1. The number of nitrogens with zero attached hydrogens (tertiary/aromatic N) is 2. The molecule has 1 amide bonds. The number of furan rings is 1. The van der Waals surface area contributed by atoms with Crippen LogP contribution in [0.15, 0.2) is 65.1 Å². The van der Waals surface area contributed by atoms with E-state index in [0.29, 0.717) is 18.1 Å². The van der Waals surface area contributed by atoms with Crippen LogP contribution in [0.4, 0.5) is 4.39 Å². The Kier molecular flexibility index (Phi) is 5.08. The van der Waals surface area contributed by atoms with Crippen LogP contribution in [0.5, 0.6) is 5.75 Å². The third-order valence-corrected chi connectivity index (χ3v) is 5.15. The lowest BCUT2D eigenvalue weighted by Crippen LogP contribution is -2.25. The fraction of sp³-hybridized carbons (Fsp3) is 0.143. The highest BCUT2D eigenvalue weighted by Crippen LogP contribution is 2.23. The highest BCUT2D eigenvalue weighted by atomic mass is 32.1. The Balaban J connectivity index is 1.38. The Labute approximate surface area is 165 Å². The molecule has 0 saturated heterocycles. The number of thiazole rings is 1. The van der Waals surface area contributed by atoms with Gasteiger partial charge in [0.2, 0.25) is 0 Å². The van der Waals surface area contributed by atoms with Gasteiger partial charge in [-0.15, -0.1) is 11.3 Å². The summed E-state index contributed by atoms with van der Waals surface area (Å²) in [6.45, 7) is 0.556. The van der Waals surface area contributed by atoms with Gasteiger partial charge >= 0.3 is 0 Å². The normalized spacial score (nSPS) is 10.9. The van der Waals surface area contributed by atoms with Crippen molar-refractivity contribution in [2.45, 2.75) is 13.2 Å². The molecular weight excluding hydrogens is 379 g/mol. The van der Waals surface area contributed by atoms with Gasteiger partial charge in [0, 0.05) is 7.05 Å². The molecule has 0 unspecified atom stereocenters. The molecule has 7 heteroatoms. The average Bonchev–Trinajstić information content (AvgIpc) is 3.33. The third kappa shape index (κ3) is 4.04. The molecule has 5 nitrogen and oxygen atoms in total. The number of para-hydroxylation sites is 1. The second kappa shape index (κ2) is 7.82. The largest absolute Gasteiger partial charge is 0.486 e. The van der Waals surface area contributed by atoms with Crippen LogP contribution in [0, 0.1) is 5.82 Å². The zero-order valence-corrected chi connectivity index (χ0v) is 15.9. The molecule has 0 aliphatic carbocycles. The maximum atomic E-state index is 12.9. The molecule has 0 fully saturated rings. The fourth-order valence-corrected chi connectivity index (χ4v) is 3.73. The van der Waals surface area contributed by atoms with Gasteiger partial charge in [0.05, 0.1) is 16.8 Å². The van der Waals surface area contributed by atoms with E-state index < -0.39 is 0 Å². The van der Waals surface area contributed by atoms with Crippen molar-refractivity contribution < 1.29 is 18.3 Å². The van der Waals surface area contributed by atoms with Gasteiger partial charge in [0.15, 0.2) is 5.76 Å². The number of carbonyl (C=O) groups excluding carboxylic acids is 1. The van der Waals surface area contributed by atoms with Crippen LogP contribution >= 0.6 is 11.3 Å². The molecule has 2 aromatic carbocycles. The van der Waals surface area contributed by atoms with Gasteiger partial charge < -0.3 is 14.1 Å². The zero-order valence-electron chi connectivity index (χ0n) is 15.1. The first-order chi connectivity index (χ1) is 13.6. The van der Waals surface area contributed by atoms with E-state index in [2.05, 4.69) is 4.98 Å². The summed E-state index contributed by atoms with van der Waals surface area (Å²) in [6.07, 6.45) is 0. The summed E-state index contributed by atoms with van der Waals surface area (Å²) in [7, 11) is 1.71. The lowest BCUT2D eigenvalue weighted by atomic mass is 10.3. The molecule has 0 N–H and O–H groups in total. The van der Waals surface area contributed by atoms with Gasteiger partial charge in [-0.05, 0) is 48.5 Å². The number of rotatable bonds is 6. The standard InChI is InChI=1S/C21H17FN2O3S/c1-24(12-20-23-17-4-2-3-5-19(17)28-20)21(25)18-11-10-16(27-18)13-26-15-8-6-14(22)7-9-15/h2-11H,12-13H2,1H3. The van der Waals surface area contributed by atoms with Crippen LogP contribution in [0.25, 0.3) is 10.2 Å². The third-order valence-electron chi connectivity index (χ3n) is 4.12. The van der Waals surface area contributed by atoms with Crippen molar-refractivity contribution in [3.63, 3.8) is 0 Å². The van der Waals surface area contributed by atoms with Gasteiger partial charge in [-0.3, -0.25) is 4.79 Å². The summed E-state index contributed by atoms with van der Waals surface area (Å²) < 4.78 is 25.1. The zero-order chi connectivity index (χ0) is 19.5. The van der Waals surface area contributed by atoms with Crippen molar-refractivity contribution in [1.29, 1.82) is 0 Å². The first-order valence-corrected chi connectivity index (χ1v) is 9.47. The summed E-state index contributed by atoms with van der Waals surface area (Å²) >= 11 is 1.57. The molecule has 0 saturated carbocycles. The van der Waals surface area contributed by atoms with Crippen LogP contribution in [-0.2, 0) is 13.2 Å². The van der Waals surface area contributed by atoms with Crippen LogP contribution in [0.1, 0.15) is 21.3 Å². The van der Waals surface area contributed by atoms with Gasteiger partial charge in [0.25, 0.3) is 5.91 Å². The lowest BCUT2D eigenvalue weighted by Gasteiger charge is -2.13. The van der Waals surface area contributed by atoms with E-state index in [1.165, 1.54) is 24.3 Å². The number of aromatic nitrogens is 1. The quantitative estimate of drug-likeness (QED) is 0.466. The molecule has 4 aromatic rings. The summed E-state index contributed by atoms with van der Waals surface area (Å²) in [5.74, 6) is 0.725. The Morgan fingerprint density at radius 1 is 1.14 bits per heavy atom. The summed E-state index contributed by atoms with van der Waals surface area (Å²) in [4.78, 5) is 18.7. The minimum atomic E-state index is -0.325. The smallest absolute Gasteiger partial charge is 0.289 e. The summed E-state index contributed by atoms with van der Waals surface area (Å²) in [6, 6.07) is 16.9. The second-order valence-corrected chi connectivity index (χ2v) is 7.36. The molecule has 0 spiro atoms. The molecule has 2 heterocycles. The van der Waals surface area contributed by atoms with Crippen molar-refractivity contribution in [2.24, 2.45) is 0 Å². The van der Waals surface area contributed by atoms with Gasteiger partial charge in [-0.2, -0.15) is 0 Å². The molecule has 0 aliphatic heterocycles. The van der Waals surface area contributed by atoms with Crippen LogP contribution in [-0.4, -0.2) is 22.8 Å². The molecule has 0 radical (unpaired) electrons. The number of fused-ring (bicyclic) bond motifs is 1. The molecule has 28 heavy (non-hydrogen) atoms. The Morgan fingerprint density at radius 2 is 1.93 bits per heavy atom. The van der Waals surface area contributed by atoms with E-state index in [9.17, 15) is 9.18 Å². The van der Waals surface area contributed by atoms with E-state index in [-0.39, 0.29) is 24.1 Å². The Bertz CT molecular complexity index is 1070. The molecule has 0 aliphatic rings. The average molecular weight is 396 g/mol. The molecule has 0 atom stereocenters. The van der Waals surface area contributed by atoms with E-state index in [1.54, 1.807) is 35.4 Å². The van der Waals surface area contributed by atoms with Crippen LogP contribution < -0.4 is 4.74 Å². The molecule has 2 aromatic heterocycles. The number of ether oxygens (including phenoxy) is 1. The number of hydrogen-bond donors (Lipinski definition) is 0. The summed E-state index contributed by atoms with van der Waals surface area (Å²) in [5, 5.41) is 0.864. The minimum absolute atomic E-state index is 0.153. The highest BCUT2D eigenvalue weighted by molar-refractivity contribution is 7.18. The first-order valence-electron chi connectivity index (χ1n) is 8.65. The number of amides is 1. The van der Waals surface area contributed by atoms with Crippen molar-refractivity contribution in [1.82, 2.24) is 9.88 Å². The molecule has 0 bridgehead atoms. The lowest BCUT2D eigenvalue weighted by molar-refractivity contribution is 0.0749. The van der Waals surface area contributed by atoms with Gasteiger partial charge in [-0.25, -0.2) is 9.37 Å². The summed E-state index contributed by atoms with van der Waals surface area (Å²) in [5.41, 5.74) is 0.932. The highest BCUT2D eigenvalue weighted by Gasteiger charge is 2.18. The van der Waals surface area contributed by atoms with Gasteiger partial charge in [0.1, 0.15) is 28.9 Å². The Morgan fingerprint density at radius 3 is 2.71 bits per heavy atom. The first kappa shape index (κ1) is 18.2. The maximum Gasteiger partial charge on any atom is 0.289 e. The maximum absolute atomic E-state index is 12.9. The van der Waals surface area contributed by atoms with Gasteiger partial charge in [-0.1, -0.05) is 12.1 Å². The molecule has 4 rings (SSSR count). The van der Waals surface area contributed by atoms with E-state index in [4.69, 9.17) is 9.15 Å². The Hall–Kier alpha value is -3.19. The topological polar surface area (TPSA) is 55.6 Å². The molecular formula is C21H17FN2O3S. The van der Waals surface area contributed by atoms with E-state index in [0.717, 1.165) is 15.2 Å². The SMILES string of the molecule is CN(Cc1nc2ccccc2s1)C(=O)c1ccc(COc2ccc(F)cc2)o1. The predicted molar refractivity (Wildman–Crippen MR) is 105 cm³/mol. The van der Waals surface area contributed by atoms with Crippen LogP contribution in [0.2, 0.25) is 0 Å². The fourth-order valence-electron chi connectivity index (χ4n) is 2.71. The van der Waals surface area contributed by atoms with Crippen LogP contribution in [0.3, 0.4) is 0 Å².